The summed E-state index contributed by atoms with van der Waals surface area (Å²) in [6, 6.07) is 3.46. The molecule has 1 aromatic rings. The number of nitrogens with zero attached hydrogens (tertiary/aromatic N) is 1. The number of hydrogen-bond acceptors (Lipinski definition) is 4. The van der Waals surface area contributed by atoms with Gasteiger partial charge in [0, 0.05) is 31.5 Å². The van der Waals surface area contributed by atoms with Crippen LogP contribution in [0.25, 0.3) is 0 Å². The molecular formula is C16H21N3O2. The molecule has 1 aliphatic rings. The van der Waals surface area contributed by atoms with E-state index in [1.54, 1.807) is 18.3 Å². The highest BCUT2D eigenvalue weighted by molar-refractivity contribution is 5.92. The number of nitrogens with two attached hydrogens (primary N) is 1. The third kappa shape index (κ3) is 4.55. The van der Waals surface area contributed by atoms with Gasteiger partial charge in [-0.2, -0.15) is 0 Å². The summed E-state index contributed by atoms with van der Waals surface area (Å²) < 4.78 is 5.35. The van der Waals surface area contributed by atoms with Crippen molar-refractivity contribution in [3.05, 3.63) is 29.6 Å². The molecule has 2 rings (SSSR count). The van der Waals surface area contributed by atoms with Crippen LogP contribution in [0.1, 0.15) is 35.8 Å². The number of rotatable bonds is 3. The summed E-state index contributed by atoms with van der Waals surface area (Å²) in [5.41, 5.74) is 6.59. The Balaban J connectivity index is 1.91. The molecule has 2 heterocycles. The van der Waals surface area contributed by atoms with E-state index in [2.05, 4.69) is 29.1 Å². The smallest absolute Gasteiger partial charge is 0.269 e. The second-order valence-electron chi connectivity index (χ2n) is 5.54. The summed E-state index contributed by atoms with van der Waals surface area (Å²) in [7, 11) is 0. The summed E-state index contributed by atoms with van der Waals surface area (Å²) in [5, 5.41) is 2.96. The number of pyridine rings is 1. The van der Waals surface area contributed by atoms with Gasteiger partial charge in [0.15, 0.2) is 0 Å². The van der Waals surface area contributed by atoms with Gasteiger partial charge in [-0.25, -0.2) is 4.98 Å². The zero-order valence-electron chi connectivity index (χ0n) is 12.3. The van der Waals surface area contributed by atoms with E-state index in [0.717, 1.165) is 31.6 Å². The van der Waals surface area contributed by atoms with Crippen molar-refractivity contribution in [3.63, 3.8) is 0 Å². The van der Waals surface area contributed by atoms with Gasteiger partial charge in [0.25, 0.3) is 5.91 Å². The molecule has 3 N–H and O–H groups in total. The van der Waals surface area contributed by atoms with Crippen molar-refractivity contribution in [2.75, 3.05) is 26.3 Å². The van der Waals surface area contributed by atoms with Crippen molar-refractivity contribution in [2.45, 2.75) is 19.8 Å². The lowest BCUT2D eigenvalue weighted by molar-refractivity contribution is 0.0238. The largest absolute Gasteiger partial charge is 0.381 e. The van der Waals surface area contributed by atoms with Gasteiger partial charge in [-0.1, -0.05) is 18.8 Å². The molecule has 0 unspecified atom stereocenters. The number of amides is 1. The number of hydrogen-bond donors (Lipinski definition) is 2. The first-order chi connectivity index (χ1) is 10.1. The molecule has 0 aliphatic carbocycles. The molecule has 21 heavy (non-hydrogen) atoms. The molecule has 1 aliphatic heterocycles. The first kappa shape index (κ1) is 15.5. The van der Waals surface area contributed by atoms with E-state index >= 15 is 0 Å². The minimum Gasteiger partial charge on any atom is -0.381 e. The van der Waals surface area contributed by atoms with Gasteiger partial charge >= 0.3 is 0 Å². The quantitative estimate of drug-likeness (QED) is 0.811. The Morgan fingerprint density at radius 3 is 2.86 bits per heavy atom. The molecule has 0 spiro atoms. The zero-order chi connectivity index (χ0) is 15.1. The Morgan fingerprint density at radius 1 is 1.48 bits per heavy atom. The lowest BCUT2D eigenvalue weighted by atomic mass is 9.82. The molecule has 5 nitrogen and oxygen atoms in total. The van der Waals surface area contributed by atoms with Crippen LogP contribution in [0, 0.1) is 17.3 Å². The Kier molecular flexibility index (Phi) is 5.32. The number of aromatic nitrogens is 1. The Hall–Kier alpha value is -1.90. The van der Waals surface area contributed by atoms with Gasteiger partial charge in [-0.3, -0.25) is 4.79 Å². The van der Waals surface area contributed by atoms with Crippen LogP contribution in [0.4, 0.5) is 0 Å². The fourth-order valence-corrected chi connectivity index (χ4v) is 2.18. The fraction of sp³-hybridized carbons (Fsp3) is 0.500. The Labute approximate surface area is 125 Å². The zero-order valence-corrected chi connectivity index (χ0v) is 12.3. The second kappa shape index (κ2) is 7.21. The van der Waals surface area contributed by atoms with Crippen molar-refractivity contribution in [3.8, 4) is 11.8 Å². The van der Waals surface area contributed by atoms with E-state index < -0.39 is 0 Å². The summed E-state index contributed by atoms with van der Waals surface area (Å²) in [5.74, 6) is 5.48. The highest BCUT2D eigenvalue weighted by Gasteiger charge is 2.27. The second-order valence-corrected chi connectivity index (χ2v) is 5.54. The molecule has 1 saturated heterocycles. The Morgan fingerprint density at radius 2 is 2.24 bits per heavy atom. The average Bonchev–Trinajstić information content (AvgIpc) is 2.52. The van der Waals surface area contributed by atoms with Crippen molar-refractivity contribution in [2.24, 2.45) is 11.1 Å². The van der Waals surface area contributed by atoms with E-state index in [1.165, 1.54) is 0 Å². The molecule has 0 saturated carbocycles. The predicted octanol–water partition coefficient (Wildman–Crippen LogP) is 0.938. The lowest BCUT2D eigenvalue weighted by Gasteiger charge is -2.33. The van der Waals surface area contributed by atoms with Crippen LogP contribution in [-0.2, 0) is 4.74 Å². The average molecular weight is 287 g/mol. The van der Waals surface area contributed by atoms with Gasteiger partial charge in [0.05, 0.1) is 6.54 Å². The number of nitrogens with one attached hydrogen (secondary N) is 1. The highest BCUT2D eigenvalue weighted by Crippen LogP contribution is 2.28. The molecule has 0 aromatic carbocycles. The number of ether oxygens (including phenoxy) is 1. The summed E-state index contributed by atoms with van der Waals surface area (Å²) in [6.45, 7) is 4.66. The summed E-state index contributed by atoms with van der Waals surface area (Å²) in [6.07, 6.45) is 3.52. The van der Waals surface area contributed by atoms with Crippen LogP contribution in [0.2, 0.25) is 0 Å². The van der Waals surface area contributed by atoms with Crippen LogP contribution in [0.15, 0.2) is 18.3 Å². The topological polar surface area (TPSA) is 77.2 Å². The minimum atomic E-state index is -0.152. The number of carbonyl (C=O) groups excluding carboxylic acids is 1. The van der Waals surface area contributed by atoms with E-state index in [9.17, 15) is 4.79 Å². The predicted molar refractivity (Wildman–Crippen MR) is 80.7 cm³/mol. The van der Waals surface area contributed by atoms with Crippen LogP contribution < -0.4 is 11.1 Å². The van der Waals surface area contributed by atoms with E-state index in [0.29, 0.717) is 18.8 Å². The molecule has 1 aromatic heterocycles. The van der Waals surface area contributed by atoms with Crippen molar-refractivity contribution in [1.29, 1.82) is 0 Å². The van der Waals surface area contributed by atoms with E-state index in [1.807, 2.05) is 0 Å². The van der Waals surface area contributed by atoms with Crippen LogP contribution >= 0.6 is 0 Å². The van der Waals surface area contributed by atoms with Crippen molar-refractivity contribution < 1.29 is 9.53 Å². The Bertz CT molecular complexity index is 537. The van der Waals surface area contributed by atoms with Crippen molar-refractivity contribution in [1.82, 2.24) is 10.3 Å². The fourth-order valence-electron chi connectivity index (χ4n) is 2.18. The molecule has 0 bridgehead atoms. The van der Waals surface area contributed by atoms with Crippen molar-refractivity contribution >= 4 is 5.91 Å². The minimum absolute atomic E-state index is 0.112. The van der Waals surface area contributed by atoms with Crippen LogP contribution in [-0.4, -0.2) is 37.2 Å². The summed E-state index contributed by atoms with van der Waals surface area (Å²) in [4.78, 5) is 16.2. The van der Waals surface area contributed by atoms with Gasteiger partial charge in [0.2, 0.25) is 0 Å². The monoisotopic (exact) mass is 287 g/mol. The van der Waals surface area contributed by atoms with E-state index in [-0.39, 0.29) is 11.3 Å². The van der Waals surface area contributed by atoms with Crippen LogP contribution in [0.3, 0.4) is 0 Å². The molecule has 5 heteroatoms. The van der Waals surface area contributed by atoms with Gasteiger partial charge < -0.3 is 15.8 Å². The lowest BCUT2D eigenvalue weighted by Crippen LogP contribution is -2.39. The normalized spacial score (nSPS) is 16.7. The molecule has 112 valence electrons. The molecule has 1 fully saturated rings. The van der Waals surface area contributed by atoms with Gasteiger partial charge in [-0.15, -0.1) is 0 Å². The standard InChI is InChI=1S/C16H21N3O2/c1-16(6-9-21-10-7-16)12-19-15(20)14-5-4-13(11-18-14)3-2-8-17/h4-5,11H,6-10,12,17H2,1H3,(H,19,20). The van der Waals surface area contributed by atoms with E-state index in [4.69, 9.17) is 10.5 Å². The maximum Gasteiger partial charge on any atom is 0.269 e. The third-order valence-corrected chi connectivity index (χ3v) is 3.71. The first-order valence-corrected chi connectivity index (χ1v) is 7.14. The molecule has 0 radical (unpaired) electrons. The highest BCUT2D eigenvalue weighted by atomic mass is 16.5. The molecular weight excluding hydrogens is 266 g/mol. The first-order valence-electron chi connectivity index (χ1n) is 7.14. The van der Waals surface area contributed by atoms with Gasteiger partial charge in [0.1, 0.15) is 5.69 Å². The third-order valence-electron chi connectivity index (χ3n) is 3.71. The van der Waals surface area contributed by atoms with Gasteiger partial charge in [-0.05, 0) is 30.4 Å². The SMILES string of the molecule is CC1(CNC(=O)c2ccc(C#CCN)cn2)CCOCC1. The number of carbonyl (C=O) groups is 1. The summed E-state index contributed by atoms with van der Waals surface area (Å²) >= 11 is 0. The maximum atomic E-state index is 12.1. The molecule has 0 atom stereocenters. The molecule has 1 amide bonds. The maximum absolute atomic E-state index is 12.1. The van der Waals surface area contributed by atoms with Crippen LogP contribution in [0.5, 0.6) is 0 Å².